The van der Waals surface area contributed by atoms with Gasteiger partial charge in [-0.2, -0.15) is 0 Å². The van der Waals surface area contributed by atoms with E-state index in [-0.39, 0.29) is 5.91 Å². The lowest BCUT2D eigenvalue weighted by atomic mass is 9.80. The van der Waals surface area contributed by atoms with Crippen LogP contribution in [0.25, 0.3) is 0 Å². The molecule has 0 aliphatic heterocycles. The van der Waals surface area contributed by atoms with Crippen LogP contribution in [0.5, 0.6) is 0 Å². The van der Waals surface area contributed by atoms with E-state index in [4.69, 9.17) is 4.74 Å². The van der Waals surface area contributed by atoms with E-state index in [1.54, 1.807) is 0 Å². The first-order valence-corrected chi connectivity index (χ1v) is 8.35. The smallest absolute Gasteiger partial charge is 0.220 e. The van der Waals surface area contributed by atoms with E-state index >= 15 is 0 Å². The highest BCUT2D eigenvalue weighted by atomic mass is 79.9. The lowest BCUT2D eigenvalue weighted by Gasteiger charge is -2.34. The highest BCUT2D eigenvalue weighted by Gasteiger charge is 2.30. The fourth-order valence-corrected chi connectivity index (χ4v) is 2.92. The maximum absolute atomic E-state index is 11.9. The largest absolute Gasteiger partial charge is 0.378 e. The van der Waals surface area contributed by atoms with Gasteiger partial charge in [0.05, 0.1) is 6.10 Å². The lowest BCUT2D eigenvalue weighted by molar-refractivity contribution is -0.124. The lowest BCUT2D eigenvalue weighted by Crippen LogP contribution is -2.35. The molecule has 1 saturated carbocycles. The van der Waals surface area contributed by atoms with Crippen LogP contribution in [0.15, 0.2) is 24.3 Å². The molecule has 0 spiro atoms. The molecule has 0 aromatic heterocycles. The average molecular weight is 340 g/mol. The minimum atomic E-state index is 0.147. The van der Waals surface area contributed by atoms with E-state index in [1.807, 2.05) is 19.1 Å². The molecule has 110 valence electrons. The number of nitrogens with one attached hydrogen (secondary N) is 1. The molecule has 0 saturated heterocycles. The number of ether oxygens (including phenoxy) is 1. The normalized spacial score (nSPS) is 21.3. The molecule has 20 heavy (non-hydrogen) atoms. The topological polar surface area (TPSA) is 38.3 Å². The zero-order valence-electron chi connectivity index (χ0n) is 11.9. The van der Waals surface area contributed by atoms with Crippen LogP contribution in [0, 0.1) is 5.92 Å². The zero-order chi connectivity index (χ0) is 14.4. The van der Waals surface area contributed by atoms with E-state index in [2.05, 4.69) is 33.4 Å². The first kappa shape index (κ1) is 15.5. The fourth-order valence-electron chi connectivity index (χ4n) is 2.57. The number of rotatable bonds is 7. The van der Waals surface area contributed by atoms with Gasteiger partial charge in [0.25, 0.3) is 0 Å². The number of hydrogen-bond donors (Lipinski definition) is 1. The van der Waals surface area contributed by atoms with Crippen molar-refractivity contribution in [2.75, 3.05) is 6.61 Å². The molecule has 1 N–H and O–H groups in total. The quantitative estimate of drug-likeness (QED) is 0.773. The third-order valence-corrected chi connectivity index (χ3v) is 4.35. The van der Waals surface area contributed by atoms with Crippen LogP contribution in [0.3, 0.4) is 0 Å². The number of amides is 1. The molecule has 1 aliphatic rings. The number of carbonyl (C=O) groups excluding carboxylic acids is 1. The molecule has 0 atom stereocenters. The van der Waals surface area contributed by atoms with Crippen LogP contribution in [0.4, 0.5) is 0 Å². The molecule has 3 nitrogen and oxygen atoms in total. The Morgan fingerprint density at radius 1 is 1.40 bits per heavy atom. The second-order valence-corrected chi connectivity index (χ2v) is 5.91. The third kappa shape index (κ3) is 4.60. The summed E-state index contributed by atoms with van der Waals surface area (Å²) < 4.78 is 5.51. The van der Waals surface area contributed by atoms with Crippen LogP contribution in [0.2, 0.25) is 0 Å². The van der Waals surface area contributed by atoms with Gasteiger partial charge in [-0.05, 0) is 36.8 Å². The van der Waals surface area contributed by atoms with Crippen molar-refractivity contribution in [3.8, 4) is 0 Å². The molecule has 1 aliphatic carbocycles. The van der Waals surface area contributed by atoms with Crippen LogP contribution >= 0.6 is 15.9 Å². The molecule has 0 heterocycles. The Balaban J connectivity index is 1.68. The van der Waals surface area contributed by atoms with Gasteiger partial charge in [0, 0.05) is 24.9 Å². The molecule has 0 radical (unpaired) electrons. The van der Waals surface area contributed by atoms with E-state index in [9.17, 15) is 4.79 Å². The standard InChI is InChI=1S/C16H22BrNO2/c1-2-20-15-7-14(8-15)9-16(19)18-11-13-5-3-4-12(6-13)10-17/h3-6,14-15H,2,7-11H2,1H3,(H,18,19). The molecule has 4 heteroatoms. The van der Waals surface area contributed by atoms with Crippen LogP contribution in [-0.2, 0) is 21.4 Å². The van der Waals surface area contributed by atoms with Crippen molar-refractivity contribution >= 4 is 21.8 Å². The molecule has 0 unspecified atom stereocenters. The second-order valence-electron chi connectivity index (χ2n) is 5.35. The Morgan fingerprint density at radius 3 is 2.85 bits per heavy atom. The summed E-state index contributed by atoms with van der Waals surface area (Å²) in [7, 11) is 0. The summed E-state index contributed by atoms with van der Waals surface area (Å²) in [6, 6.07) is 8.25. The first-order chi connectivity index (χ1) is 9.71. The van der Waals surface area contributed by atoms with E-state index in [1.165, 1.54) is 5.56 Å². The summed E-state index contributed by atoms with van der Waals surface area (Å²) in [6.45, 7) is 3.40. The van der Waals surface area contributed by atoms with Crippen molar-refractivity contribution in [2.45, 2.75) is 44.2 Å². The summed E-state index contributed by atoms with van der Waals surface area (Å²) in [5.41, 5.74) is 2.38. The number of carbonyl (C=O) groups is 1. The van der Waals surface area contributed by atoms with Crippen molar-refractivity contribution < 1.29 is 9.53 Å². The van der Waals surface area contributed by atoms with Crippen molar-refractivity contribution in [1.82, 2.24) is 5.32 Å². The fraction of sp³-hybridized carbons (Fsp3) is 0.562. The van der Waals surface area contributed by atoms with Crippen LogP contribution < -0.4 is 5.32 Å². The van der Waals surface area contributed by atoms with Crippen molar-refractivity contribution in [2.24, 2.45) is 5.92 Å². The van der Waals surface area contributed by atoms with Crippen molar-refractivity contribution in [1.29, 1.82) is 0 Å². The predicted octanol–water partition coefficient (Wildman–Crippen LogP) is 3.40. The van der Waals surface area contributed by atoms with Gasteiger partial charge in [-0.15, -0.1) is 0 Å². The summed E-state index contributed by atoms with van der Waals surface area (Å²) >= 11 is 3.44. The van der Waals surface area contributed by atoms with Crippen molar-refractivity contribution in [3.05, 3.63) is 35.4 Å². The minimum Gasteiger partial charge on any atom is -0.378 e. The highest BCUT2D eigenvalue weighted by Crippen LogP contribution is 2.32. The summed E-state index contributed by atoms with van der Waals surface area (Å²) in [6.07, 6.45) is 3.07. The van der Waals surface area contributed by atoms with Gasteiger partial charge in [0.1, 0.15) is 0 Å². The van der Waals surface area contributed by atoms with Crippen LogP contribution in [0.1, 0.15) is 37.3 Å². The maximum atomic E-state index is 11.9. The van der Waals surface area contributed by atoms with Gasteiger partial charge >= 0.3 is 0 Å². The molecular formula is C16H22BrNO2. The Morgan fingerprint density at radius 2 is 2.15 bits per heavy atom. The number of benzene rings is 1. The molecule has 2 rings (SSSR count). The van der Waals surface area contributed by atoms with Gasteiger partial charge in [0.2, 0.25) is 5.91 Å². The zero-order valence-corrected chi connectivity index (χ0v) is 13.5. The van der Waals surface area contributed by atoms with Gasteiger partial charge in [-0.1, -0.05) is 40.2 Å². The number of halogens is 1. The second kappa shape index (κ2) is 7.79. The Hall–Kier alpha value is -0.870. The van der Waals surface area contributed by atoms with Crippen molar-refractivity contribution in [3.63, 3.8) is 0 Å². The van der Waals surface area contributed by atoms with Gasteiger partial charge in [-0.25, -0.2) is 0 Å². The maximum Gasteiger partial charge on any atom is 0.220 e. The molecule has 0 bridgehead atoms. The predicted molar refractivity (Wildman–Crippen MR) is 83.7 cm³/mol. The minimum absolute atomic E-state index is 0.147. The van der Waals surface area contributed by atoms with E-state index in [0.29, 0.717) is 25.0 Å². The third-order valence-electron chi connectivity index (χ3n) is 3.70. The Bertz CT molecular complexity index is 444. The SMILES string of the molecule is CCOC1CC(CC(=O)NCc2cccc(CBr)c2)C1. The van der Waals surface area contributed by atoms with Gasteiger partial charge < -0.3 is 10.1 Å². The van der Waals surface area contributed by atoms with Gasteiger partial charge in [0.15, 0.2) is 0 Å². The highest BCUT2D eigenvalue weighted by molar-refractivity contribution is 9.08. The summed E-state index contributed by atoms with van der Waals surface area (Å²) in [4.78, 5) is 11.9. The first-order valence-electron chi connectivity index (χ1n) is 7.23. The molecule has 1 aromatic carbocycles. The summed E-state index contributed by atoms with van der Waals surface area (Å²) in [5.74, 6) is 0.648. The van der Waals surface area contributed by atoms with E-state index < -0.39 is 0 Å². The van der Waals surface area contributed by atoms with E-state index in [0.717, 1.165) is 30.3 Å². The molecule has 1 amide bonds. The molecule has 1 fully saturated rings. The molecule has 1 aromatic rings. The monoisotopic (exact) mass is 339 g/mol. The summed E-state index contributed by atoms with van der Waals surface area (Å²) in [5, 5.41) is 3.84. The molecular weight excluding hydrogens is 318 g/mol. The number of hydrogen-bond acceptors (Lipinski definition) is 2. The number of alkyl halides is 1. The average Bonchev–Trinajstić information content (AvgIpc) is 2.43. The van der Waals surface area contributed by atoms with Crippen LogP contribution in [-0.4, -0.2) is 18.6 Å². The Labute approximate surface area is 129 Å². The van der Waals surface area contributed by atoms with Gasteiger partial charge in [-0.3, -0.25) is 4.79 Å². The Kier molecular flexibility index (Phi) is 6.05.